The van der Waals surface area contributed by atoms with Gasteiger partial charge in [-0.3, -0.25) is 0 Å². The van der Waals surface area contributed by atoms with Gasteiger partial charge >= 0.3 is 5.97 Å². The summed E-state index contributed by atoms with van der Waals surface area (Å²) in [5, 5.41) is 12.7. The van der Waals surface area contributed by atoms with Crippen LogP contribution >= 0.6 is 38.9 Å². The Hall–Kier alpha value is -1.04. The minimum Gasteiger partial charge on any atom is -0.477 e. The number of carboxylic acid groups (broad SMARTS) is 1. The van der Waals surface area contributed by atoms with Crippen LogP contribution in [0.4, 0.5) is 5.69 Å². The van der Waals surface area contributed by atoms with Gasteiger partial charge in [-0.1, -0.05) is 11.6 Å². The van der Waals surface area contributed by atoms with Crippen LogP contribution in [0.2, 0.25) is 5.02 Å². The second-order valence-corrected chi connectivity index (χ2v) is 6.01. The maximum atomic E-state index is 10.8. The fourth-order valence-corrected chi connectivity index (χ4v) is 2.75. The minimum atomic E-state index is -0.893. The van der Waals surface area contributed by atoms with Crippen molar-refractivity contribution < 1.29 is 9.90 Å². The second-order valence-electron chi connectivity index (χ2n) is 3.55. The molecule has 0 fully saturated rings. The quantitative estimate of drug-likeness (QED) is 0.858. The van der Waals surface area contributed by atoms with Crippen molar-refractivity contribution in [1.82, 2.24) is 0 Å². The third-order valence-corrected chi connectivity index (χ3v) is 4.25. The van der Waals surface area contributed by atoms with Gasteiger partial charge in [0.1, 0.15) is 4.88 Å². The maximum Gasteiger partial charge on any atom is 0.345 e. The van der Waals surface area contributed by atoms with Crippen molar-refractivity contribution in [2.75, 3.05) is 5.32 Å². The lowest BCUT2D eigenvalue weighted by atomic mass is 10.3. The molecule has 0 radical (unpaired) electrons. The fourth-order valence-electron chi connectivity index (χ4n) is 1.40. The molecule has 1 aromatic heterocycles. The first kappa shape index (κ1) is 13.4. The molecule has 0 saturated heterocycles. The molecule has 1 aromatic carbocycles. The molecule has 0 aliphatic heterocycles. The first-order chi connectivity index (χ1) is 8.56. The van der Waals surface area contributed by atoms with Crippen molar-refractivity contribution in [3.63, 3.8) is 0 Å². The first-order valence-corrected chi connectivity index (χ1v) is 7.06. The van der Waals surface area contributed by atoms with Crippen molar-refractivity contribution in [3.05, 3.63) is 49.6 Å². The van der Waals surface area contributed by atoms with Crippen LogP contribution < -0.4 is 5.32 Å². The Morgan fingerprint density at radius 2 is 2.17 bits per heavy atom. The van der Waals surface area contributed by atoms with E-state index in [2.05, 4.69) is 21.2 Å². The van der Waals surface area contributed by atoms with Gasteiger partial charge in [0.25, 0.3) is 0 Å². The number of hydrogen-bond donors (Lipinski definition) is 2. The van der Waals surface area contributed by atoms with E-state index >= 15 is 0 Å². The number of rotatable bonds is 4. The van der Waals surface area contributed by atoms with Crippen molar-refractivity contribution >= 4 is 50.5 Å². The Morgan fingerprint density at radius 1 is 1.39 bits per heavy atom. The van der Waals surface area contributed by atoms with Crippen LogP contribution in [0.1, 0.15) is 14.5 Å². The molecule has 0 spiro atoms. The zero-order valence-electron chi connectivity index (χ0n) is 9.11. The number of benzene rings is 1. The van der Waals surface area contributed by atoms with Crippen LogP contribution in [0.25, 0.3) is 0 Å². The molecule has 0 atom stereocenters. The lowest BCUT2D eigenvalue weighted by Crippen LogP contribution is -1.98. The third kappa shape index (κ3) is 3.25. The van der Waals surface area contributed by atoms with Crippen LogP contribution in [0.3, 0.4) is 0 Å². The van der Waals surface area contributed by atoms with Gasteiger partial charge in [-0.2, -0.15) is 0 Å². The number of carbonyl (C=O) groups is 1. The van der Waals surface area contributed by atoms with Crippen molar-refractivity contribution in [2.45, 2.75) is 6.54 Å². The van der Waals surface area contributed by atoms with Gasteiger partial charge in [0.15, 0.2) is 0 Å². The van der Waals surface area contributed by atoms with Crippen LogP contribution in [0.5, 0.6) is 0 Å². The second kappa shape index (κ2) is 5.73. The monoisotopic (exact) mass is 345 g/mol. The Balaban J connectivity index is 2.06. The number of carboxylic acids is 1. The summed E-state index contributed by atoms with van der Waals surface area (Å²) in [6, 6.07) is 8.89. The zero-order valence-corrected chi connectivity index (χ0v) is 12.3. The molecule has 0 aliphatic rings. The average Bonchev–Trinajstić information content (AvgIpc) is 2.79. The maximum absolute atomic E-state index is 10.8. The molecule has 2 N–H and O–H groups in total. The molecule has 3 nitrogen and oxygen atoms in total. The molecule has 2 aromatic rings. The summed E-state index contributed by atoms with van der Waals surface area (Å²) < 4.78 is 0.918. The van der Waals surface area contributed by atoms with E-state index < -0.39 is 5.97 Å². The number of anilines is 1. The summed E-state index contributed by atoms with van der Waals surface area (Å²) in [5.41, 5.74) is 0.882. The normalized spacial score (nSPS) is 10.3. The fraction of sp³-hybridized carbons (Fsp3) is 0.0833. The summed E-state index contributed by atoms with van der Waals surface area (Å²) >= 11 is 10.6. The third-order valence-electron chi connectivity index (χ3n) is 2.25. The molecule has 0 unspecified atom stereocenters. The molecular weight excluding hydrogens is 338 g/mol. The molecule has 6 heteroatoms. The predicted molar refractivity (Wildman–Crippen MR) is 77.8 cm³/mol. The molecular formula is C12H9BrClNO2S. The Bertz CT molecular complexity index is 585. The van der Waals surface area contributed by atoms with Crippen molar-refractivity contribution in [2.24, 2.45) is 0 Å². The molecule has 18 heavy (non-hydrogen) atoms. The molecule has 0 amide bonds. The van der Waals surface area contributed by atoms with Gasteiger partial charge in [0, 0.05) is 20.9 Å². The summed E-state index contributed by atoms with van der Waals surface area (Å²) in [5.74, 6) is -0.893. The SMILES string of the molecule is O=C(O)c1ccc(CNc2cc(Cl)ccc2Br)s1. The number of aromatic carboxylic acids is 1. The van der Waals surface area contributed by atoms with Gasteiger partial charge in [-0.05, 0) is 46.3 Å². The number of thiophene rings is 1. The first-order valence-electron chi connectivity index (χ1n) is 5.07. The lowest BCUT2D eigenvalue weighted by molar-refractivity contribution is 0.0702. The topological polar surface area (TPSA) is 49.3 Å². The largest absolute Gasteiger partial charge is 0.477 e. The molecule has 94 valence electrons. The summed E-state index contributed by atoms with van der Waals surface area (Å²) in [6.07, 6.45) is 0. The van der Waals surface area contributed by atoms with E-state index in [-0.39, 0.29) is 0 Å². The van der Waals surface area contributed by atoms with Gasteiger partial charge in [0.05, 0.1) is 5.69 Å². The highest BCUT2D eigenvalue weighted by molar-refractivity contribution is 9.10. The van der Waals surface area contributed by atoms with E-state index in [0.29, 0.717) is 16.4 Å². The van der Waals surface area contributed by atoms with Crippen LogP contribution in [-0.2, 0) is 6.54 Å². The van der Waals surface area contributed by atoms with E-state index in [1.807, 2.05) is 12.1 Å². The highest BCUT2D eigenvalue weighted by atomic mass is 79.9. The van der Waals surface area contributed by atoms with E-state index in [1.165, 1.54) is 11.3 Å². The summed E-state index contributed by atoms with van der Waals surface area (Å²) in [6.45, 7) is 0.566. The lowest BCUT2D eigenvalue weighted by Gasteiger charge is -2.07. The number of nitrogens with one attached hydrogen (secondary N) is 1. The average molecular weight is 347 g/mol. The smallest absolute Gasteiger partial charge is 0.345 e. The Morgan fingerprint density at radius 3 is 2.83 bits per heavy atom. The minimum absolute atomic E-state index is 0.344. The molecule has 2 rings (SSSR count). The summed E-state index contributed by atoms with van der Waals surface area (Å²) in [7, 11) is 0. The van der Waals surface area contributed by atoms with Gasteiger partial charge in [-0.25, -0.2) is 4.79 Å². The van der Waals surface area contributed by atoms with Crippen molar-refractivity contribution in [1.29, 1.82) is 0 Å². The molecule has 0 aliphatic carbocycles. The number of hydrogen-bond acceptors (Lipinski definition) is 3. The highest BCUT2D eigenvalue weighted by Gasteiger charge is 2.07. The molecule has 0 saturated carbocycles. The standard InChI is InChI=1S/C12H9BrClNO2S/c13-9-3-1-7(14)5-10(9)15-6-8-2-4-11(18-8)12(16)17/h1-5,15H,6H2,(H,16,17). The molecule has 0 bridgehead atoms. The molecule has 1 heterocycles. The van der Waals surface area contributed by atoms with Gasteiger partial charge < -0.3 is 10.4 Å². The van der Waals surface area contributed by atoms with Gasteiger partial charge in [0.2, 0.25) is 0 Å². The van der Waals surface area contributed by atoms with Crippen LogP contribution in [0, 0.1) is 0 Å². The van der Waals surface area contributed by atoms with E-state index in [1.54, 1.807) is 18.2 Å². The predicted octanol–water partition coefficient (Wildman–Crippen LogP) is 4.47. The van der Waals surface area contributed by atoms with E-state index in [4.69, 9.17) is 16.7 Å². The van der Waals surface area contributed by atoms with E-state index in [9.17, 15) is 4.79 Å². The van der Waals surface area contributed by atoms with Gasteiger partial charge in [-0.15, -0.1) is 11.3 Å². The van der Waals surface area contributed by atoms with Crippen molar-refractivity contribution in [3.8, 4) is 0 Å². The Labute approximate surface area is 122 Å². The summed E-state index contributed by atoms with van der Waals surface area (Å²) in [4.78, 5) is 12.1. The zero-order chi connectivity index (χ0) is 13.1. The van der Waals surface area contributed by atoms with Crippen LogP contribution in [0.15, 0.2) is 34.8 Å². The van der Waals surface area contributed by atoms with Crippen LogP contribution in [-0.4, -0.2) is 11.1 Å². The highest BCUT2D eigenvalue weighted by Crippen LogP contribution is 2.27. The van der Waals surface area contributed by atoms with E-state index in [0.717, 1.165) is 15.0 Å². The Kier molecular flexibility index (Phi) is 4.27. The number of halogens is 2.